The van der Waals surface area contributed by atoms with Crippen LogP contribution >= 0.6 is 11.3 Å². The predicted octanol–water partition coefficient (Wildman–Crippen LogP) is 3.71. The second-order valence-corrected chi connectivity index (χ2v) is 5.34. The molecule has 0 aliphatic heterocycles. The van der Waals surface area contributed by atoms with Crippen LogP contribution in [0.4, 0.5) is 4.39 Å². The lowest BCUT2D eigenvalue weighted by atomic mass is 10.2. The van der Waals surface area contributed by atoms with Crippen LogP contribution in [0.25, 0.3) is 16.2 Å². The van der Waals surface area contributed by atoms with Crippen molar-refractivity contribution in [2.45, 2.75) is 13.8 Å². The van der Waals surface area contributed by atoms with Crippen LogP contribution in [-0.2, 0) is 0 Å². The van der Waals surface area contributed by atoms with E-state index in [9.17, 15) is 9.18 Å². The van der Waals surface area contributed by atoms with Crippen LogP contribution in [0.15, 0.2) is 30.5 Å². The molecule has 96 valence electrons. The van der Waals surface area contributed by atoms with E-state index >= 15 is 0 Å². The van der Waals surface area contributed by atoms with Gasteiger partial charge in [-0.05, 0) is 31.2 Å². The molecule has 0 fully saturated rings. The highest BCUT2D eigenvalue weighted by atomic mass is 32.1. The molecule has 0 atom stereocenters. The third kappa shape index (κ3) is 1.96. The quantitative estimate of drug-likeness (QED) is 0.668. The third-order valence-corrected chi connectivity index (χ3v) is 4.27. The molecule has 3 nitrogen and oxygen atoms in total. The molecule has 0 saturated heterocycles. The molecule has 0 amide bonds. The van der Waals surface area contributed by atoms with Crippen molar-refractivity contribution in [3.8, 4) is 11.3 Å². The van der Waals surface area contributed by atoms with E-state index in [4.69, 9.17) is 0 Å². The maximum atomic E-state index is 12.9. The van der Waals surface area contributed by atoms with E-state index in [1.54, 1.807) is 19.1 Å². The second-order valence-electron chi connectivity index (χ2n) is 4.36. The van der Waals surface area contributed by atoms with E-state index in [0.29, 0.717) is 0 Å². The van der Waals surface area contributed by atoms with Crippen LogP contribution in [0.3, 0.4) is 0 Å². The fourth-order valence-corrected chi connectivity index (χ4v) is 3.04. The first-order valence-electron chi connectivity index (χ1n) is 5.81. The van der Waals surface area contributed by atoms with Crippen molar-refractivity contribution >= 4 is 22.1 Å². The molecule has 0 saturated carbocycles. The molecule has 0 N–H and O–H groups in total. The summed E-state index contributed by atoms with van der Waals surface area (Å²) in [7, 11) is 0. The number of fused-ring (bicyclic) bond motifs is 1. The number of aromatic nitrogens is 2. The summed E-state index contributed by atoms with van der Waals surface area (Å²) in [6.07, 6.45) is 1.88. The number of imidazole rings is 1. The molecule has 0 bridgehead atoms. The first kappa shape index (κ1) is 12.0. The number of benzene rings is 1. The monoisotopic (exact) mass is 274 g/mol. The first-order valence-corrected chi connectivity index (χ1v) is 6.63. The van der Waals surface area contributed by atoms with Gasteiger partial charge in [-0.15, -0.1) is 0 Å². The lowest BCUT2D eigenvalue weighted by Crippen LogP contribution is -1.92. The predicted molar refractivity (Wildman–Crippen MR) is 73.2 cm³/mol. The molecule has 0 aliphatic rings. The minimum absolute atomic E-state index is 0.0522. The molecule has 0 spiro atoms. The molecule has 2 heterocycles. The first-order chi connectivity index (χ1) is 9.06. The Labute approximate surface area is 113 Å². The average molecular weight is 274 g/mol. The van der Waals surface area contributed by atoms with Crippen LogP contribution < -0.4 is 0 Å². The van der Waals surface area contributed by atoms with Crippen molar-refractivity contribution in [1.82, 2.24) is 9.38 Å². The number of ketones is 1. The van der Waals surface area contributed by atoms with E-state index in [1.165, 1.54) is 23.5 Å². The van der Waals surface area contributed by atoms with Crippen molar-refractivity contribution < 1.29 is 9.18 Å². The minimum atomic E-state index is -0.264. The van der Waals surface area contributed by atoms with Crippen molar-refractivity contribution in [1.29, 1.82) is 0 Å². The van der Waals surface area contributed by atoms with E-state index < -0.39 is 0 Å². The van der Waals surface area contributed by atoms with Gasteiger partial charge in [0.1, 0.15) is 5.82 Å². The van der Waals surface area contributed by atoms with Gasteiger partial charge >= 0.3 is 0 Å². The molecule has 0 unspecified atom stereocenters. The fraction of sp³-hybridized carbons (Fsp3) is 0.143. The van der Waals surface area contributed by atoms with Crippen LogP contribution in [0.5, 0.6) is 0 Å². The molecule has 0 aliphatic carbocycles. The Hall–Kier alpha value is -2.01. The molecule has 1 aromatic carbocycles. The van der Waals surface area contributed by atoms with Crippen LogP contribution in [0.1, 0.15) is 22.3 Å². The number of carbonyl (C=O) groups is 1. The highest BCUT2D eigenvalue weighted by Crippen LogP contribution is 2.27. The van der Waals surface area contributed by atoms with Gasteiger partial charge < -0.3 is 0 Å². The van der Waals surface area contributed by atoms with Gasteiger partial charge in [-0.25, -0.2) is 9.37 Å². The number of halogens is 1. The third-order valence-electron chi connectivity index (χ3n) is 3.02. The summed E-state index contributed by atoms with van der Waals surface area (Å²) in [5.74, 6) is -0.212. The molecule has 3 rings (SSSR count). The number of nitrogens with zero attached hydrogens (tertiary/aromatic N) is 2. The zero-order valence-corrected chi connectivity index (χ0v) is 11.3. The smallest absolute Gasteiger partial charge is 0.195 e. The van der Waals surface area contributed by atoms with Crippen molar-refractivity contribution in [3.63, 3.8) is 0 Å². The zero-order chi connectivity index (χ0) is 13.6. The fourth-order valence-electron chi connectivity index (χ4n) is 2.04. The number of hydrogen-bond acceptors (Lipinski definition) is 3. The van der Waals surface area contributed by atoms with Gasteiger partial charge in [0.2, 0.25) is 0 Å². The highest BCUT2D eigenvalue weighted by Gasteiger charge is 2.15. The van der Waals surface area contributed by atoms with Crippen molar-refractivity contribution in [2.24, 2.45) is 0 Å². The Morgan fingerprint density at radius 3 is 2.58 bits per heavy atom. The normalized spacial score (nSPS) is 11.1. The highest BCUT2D eigenvalue weighted by molar-refractivity contribution is 7.19. The van der Waals surface area contributed by atoms with Crippen LogP contribution in [0, 0.1) is 12.7 Å². The van der Waals surface area contributed by atoms with E-state index in [-0.39, 0.29) is 11.6 Å². The summed E-state index contributed by atoms with van der Waals surface area (Å²) < 4.78 is 14.8. The topological polar surface area (TPSA) is 34.4 Å². The largest absolute Gasteiger partial charge is 0.294 e. The standard InChI is InChI=1S/C14H11FN2OS/c1-8-13(9(2)18)19-14-16-12(7-17(8)14)10-3-5-11(15)6-4-10/h3-7H,1-2H3. The lowest BCUT2D eigenvalue weighted by molar-refractivity contribution is 0.102. The molecule has 0 radical (unpaired) electrons. The molecular weight excluding hydrogens is 263 g/mol. The lowest BCUT2D eigenvalue weighted by Gasteiger charge is -1.96. The molecule has 2 aromatic heterocycles. The number of hydrogen-bond donors (Lipinski definition) is 0. The Morgan fingerprint density at radius 1 is 1.32 bits per heavy atom. The molecule has 3 aromatic rings. The van der Waals surface area contributed by atoms with Gasteiger partial charge in [0.25, 0.3) is 0 Å². The number of rotatable bonds is 2. The summed E-state index contributed by atoms with van der Waals surface area (Å²) in [5.41, 5.74) is 2.54. The van der Waals surface area contributed by atoms with E-state index in [0.717, 1.165) is 26.8 Å². The maximum absolute atomic E-state index is 12.9. The van der Waals surface area contributed by atoms with Crippen molar-refractivity contribution in [3.05, 3.63) is 46.9 Å². The minimum Gasteiger partial charge on any atom is -0.294 e. The van der Waals surface area contributed by atoms with Gasteiger partial charge in [0.05, 0.1) is 10.6 Å². The Bertz CT molecular complexity index is 771. The average Bonchev–Trinajstić information content (AvgIpc) is 2.90. The van der Waals surface area contributed by atoms with Crippen LogP contribution in [-0.4, -0.2) is 15.2 Å². The number of thiazole rings is 1. The number of aryl methyl sites for hydroxylation is 1. The Kier molecular flexibility index (Phi) is 2.71. The maximum Gasteiger partial charge on any atom is 0.195 e. The van der Waals surface area contributed by atoms with Gasteiger partial charge in [0, 0.05) is 24.4 Å². The van der Waals surface area contributed by atoms with Crippen molar-refractivity contribution in [2.75, 3.05) is 0 Å². The zero-order valence-electron chi connectivity index (χ0n) is 10.5. The Balaban J connectivity index is 2.13. The van der Waals surface area contributed by atoms with E-state index in [1.807, 2.05) is 17.5 Å². The molecule has 5 heteroatoms. The summed E-state index contributed by atoms with van der Waals surface area (Å²) in [6, 6.07) is 6.22. The van der Waals surface area contributed by atoms with Crippen LogP contribution in [0.2, 0.25) is 0 Å². The van der Waals surface area contributed by atoms with E-state index in [2.05, 4.69) is 4.98 Å². The summed E-state index contributed by atoms with van der Waals surface area (Å²) in [5, 5.41) is 0. The van der Waals surface area contributed by atoms with Gasteiger partial charge in [0.15, 0.2) is 10.7 Å². The number of Topliss-reactive ketones (excluding diaryl/α,β-unsaturated/α-hetero) is 1. The van der Waals surface area contributed by atoms with Gasteiger partial charge in [-0.3, -0.25) is 9.20 Å². The molecular formula is C14H11FN2OS. The Morgan fingerprint density at radius 2 is 2.00 bits per heavy atom. The number of carbonyl (C=O) groups excluding carboxylic acids is 1. The van der Waals surface area contributed by atoms with Gasteiger partial charge in [-0.1, -0.05) is 11.3 Å². The SMILES string of the molecule is CC(=O)c1sc2nc(-c3ccc(F)cc3)cn2c1C. The summed E-state index contributed by atoms with van der Waals surface area (Å²) in [4.78, 5) is 17.4. The summed E-state index contributed by atoms with van der Waals surface area (Å²) >= 11 is 1.38. The second kappa shape index (κ2) is 4.28. The molecule has 19 heavy (non-hydrogen) atoms. The summed E-state index contributed by atoms with van der Waals surface area (Å²) in [6.45, 7) is 3.45. The van der Waals surface area contributed by atoms with Gasteiger partial charge in [-0.2, -0.15) is 0 Å².